The van der Waals surface area contributed by atoms with Crippen molar-refractivity contribution < 1.29 is 0 Å². The zero-order chi connectivity index (χ0) is 13.6. The fourth-order valence-electron chi connectivity index (χ4n) is 2.44. The highest BCUT2D eigenvalue weighted by Gasteiger charge is 2.06. The van der Waals surface area contributed by atoms with Crippen LogP contribution in [0, 0.1) is 0 Å². The molecule has 0 aliphatic carbocycles. The van der Waals surface area contributed by atoms with Gasteiger partial charge in [0.2, 0.25) is 0 Å². The highest BCUT2D eigenvalue weighted by molar-refractivity contribution is 5.53. The molecule has 0 unspecified atom stereocenters. The summed E-state index contributed by atoms with van der Waals surface area (Å²) in [5, 5.41) is 0. The fourth-order valence-corrected chi connectivity index (χ4v) is 2.44. The van der Waals surface area contributed by atoms with Gasteiger partial charge in [-0.3, -0.25) is 0 Å². The van der Waals surface area contributed by atoms with Crippen molar-refractivity contribution in [1.82, 2.24) is 0 Å². The standard InChI is InChI=1S/C20H17/c1-3-9-17(10-4-1)15-16-20(19-13-7-8-14-19)18-11-5-2-6-12-18/h1-16,20H/q-1/b16-15+/t20-/m1/s1. The topological polar surface area (TPSA) is 0 Å². The molecule has 1 atom stereocenters. The summed E-state index contributed by atoms with van der Waals surface area (Å²) in [5.74, 6) is 0.311. The first-order chi connectivity index (χ1) is 9.93. The monoisotopic (exact) mass is 257 g/mol. The van der Waals surface area contributed by atoms with E-state index in [2.05, 4.69) is 91.0 Å². The molecule has 0 nitrogen and oxygen atoms in total. The lowest BCUT2D eigenvalue weighted by atomic mass is 9.92. The first-order valence-electron chi connectivity index (χ1n) is 6.93. The van der Waals surface area contributed by atoms with Gasteiger partial charge < -0.3 is 0 Å². The molecule has 0 amide bonds. The van der Waals surface area contributed by atoms with Crippen LogP contribution >= 0.6 is 0 Å². The summed E-state index contributed by atoms with van der Waals surface area (Å²) in [5.41, 5.74) is 3.90. The molecule has 98 valence electrons. The maximum Gasteiger partial charge on any atom is 0.00414 e. The van der Waals surface area contributed by atoms with Crippen molar-refractivity contribution in [2.45, 2.75) is 5.92 Å². The second kappa shape index (κ2) is 6.12. The first-order valence-corrected chi connectivity index (χ1v) is 6.93. The van der Waals surface area contributed by atoms with Gasteiger partial charge in [-0.2, -0.15) is 17.7 Å². The van der Waals surface area contributed by atoms with E-state index in [0.717, 1.165) is 0 Å². The third-order valence-electron chi connectivity index (χ3n) is 3.49. The summed E-state index contributed by atoms with van der Waals surface area (Å²) in [7, 11) is 0. The van der Waals surface area contributed by atoms with Crippen LogP contribution in [-0.4, -0.2) is 0 Å². The first kappa shape index (κ1) is 12.6. The third-order valence-corrected chi connectivity index (χ3v) is 3.49. The molecule has 0 heteroatoms. The van der Waals surface area contributed by atoms with Crippen LogP contribution in [0.2, 0.25) is 0 Å². The molecule has 0 aliphatic rings. The van der Waals surface area contributed by atoms with E-state index in [1.165, 1.54) is 16.7 Å². The van der Waals surface area contributed by atoms with Gasteiger partial charge in [0.15, 0.2) is 0 Å². The summed E-state index contributed by atoms with van der Waals surface area (Å²) in [6.07, 6.45) is 4.48. The number of hydrogen-bond acceptors (Lipinski definition) is 0. The van der Waals surface area contributed by atoms with Crippen molar-refractivity contribution in [3.05, 3.63) is 108 Å². The number of benzene rings is 2. The van der Waals surface area contributed by atoms with Gasteiger partial charge in [0.05, 0.1) is 0 Å². The Balaban J connectivity index is 1.93. The maximum absolute atomic E-state index is 2.28. The molecule has 0 heterocycles. The molecule has 0 N–H and O–H groups in total. The van der Waals surface area contributed by atoms with Crippen molar-refractivity contribution in [1.29, 1.82) is 0 Å². The Labute approximate surface area is 120 Å². The van der Waals surface area contributed by atoms with Gasteiger partial charge in [-0.15, -0.1) is 0 Å². The molecule has 0 spiro atoms. The Morgan fingerprint density at radius 2 is 1.45 bits per heavy atom. The minimum Gasteiger partial charge on any atom is -0.213 e. The molecule has 0 bridgehead atoms. The molecule has 0 saturated heterocycles. The minimum absolute atomic E-state index is 0.311. The molecule has 0 saturated carbocycles. The van der Waals surface area contributed by atoms with Crippen molar-refractivity contribution in [2.24, 2.45) is 0 Å². The van der Waals surface area contributed by atoms with Crippen LogP contribution in [0.1, 0.15) is 22.6 Å². The van der Waals surface area contributed by atoms with Gasteiger partial charge in [-0.25, -0.2) is 12.1 Å². The minimum atomic E-state index is 0.311. The summed E-state index contributed by atoms with van der Waals surface area (Å²) >= 11 is 0. The maximum atomic E-state index is 2.28. The van der Waals surface area contributed by atoms with E-state index in [4.69, 9.17) is 0 Å². The second-order valence-corrected chi connectivity index (χ2v) is 4.88. The zero-order valence-corrected chi connectivity index (χ0v) is 11.3. The molecule has 3 aromatic rings. The van der Waals surface area contributed by atoms with Crippen LogP contribution in [0.3, 0.4) is 0 Å². The summed E-state index contributed by atoms with van der Waals surface area (Å²) in [6, 6.07) is 29.6. The zero-order valence-electron chi connectivity index (χ0n) is 11.3. The lowest BCUT2D eigenvalue weighted by Gasteiger charge is -2.16. The lowest BCUT2D eigenvalue weighted by Crippen LogP contribution is -1.95. The van der Waals surface area contributed by atoms with Crippen LogP contribution in [0.4, 0.5) is 0 Å². The highest BCUT2D eigenvalue weighted by Crippen LogP contribution is 2.27. The molecule has 3 aromatic carbocycles. The van der Waals surface area contributed by atoms with Crippen LogP contribution in [0.15, 0.2) is 91.0 Å². The fraction of sp³-hybridized carbons (Fsp3) is 0.0500. The van der Waals surface area contributed by atoms with Gasteiger partial charge in [-0.05, 0) is 11.1 Å². The Hall–Kier alpha value is -2.47. The average Bonchev–Trinajstić information content (AvgIpc) is 3.04. The number of hydrogen-bond donors (Lipinski definition) is 0. The second-order valence-electron chi connectivity index (χ2n) is 4.88. The van der Waals surface area contributed by atoms with E-state index in [0.29, 0.717) is 5.92 Å². The van der Waals surface area contributed by atoms with E-state index in [-0.39, 0.29) is 0 Å². The predicted octanol–water partition coefficient (Wildman–Crippen LogP) is 5.25. The highest BCUT2D eigenvalue weighted by atomic mass is 14.1. The molecular formula is C20H17-. The van der Waals surface area contributed by atoms with E-state index in [1.807, 2.05) is 6.07 Å². The van der Waals surface area contributed by atoms with Gasteiger partial charge in [0.25, 0.3) is 0 Å². The molecule has 3 rings (SSSR count). The van der Waals surface area contributed by atoms with E-state index in [1.54, 1.807) is 0 Å². The van der Waals surface area contributed by atoms with Gasteiger partial charge in [0.1, 0.15) is 0 Å². The van der Waals surface area contributed by atoms with Crippen molar-refractivity contribution in [2.75, 3.05) is 0 Å². The Morgan fingerprint density at radius 1 is 0.750 bits per heavy atom. The van der Waals surface area contributed by atoms with Crippen molar-refractivity contribution >= 4 is 6.08 Å². The summed E-state index contributed by atoms with van der Waals surface area (Å²) in [6.45, 7) is 0. The molecule has 0 fully saturated rings. The SMILES string of the molecule is C(=C\[C@H](c1ccccc1)c1ccc[cH-]1)/c1ccccc1. The van der Waals surface area contributed by atoms with Crippen molar-refractivity contribution in [3.63, 3.8) is 0 Å². The van der Waals surface area contributed by atoms with E-state index >= 15 is 0 Å². The largest absolute Gasteiger partial charge is 0.213 e. The summed E-state index contributed by atoms with van der Waals surface area (Å²) in [4.78, 5) is 0. The Kier molecular flexibility index (Phi) is 3.84. The average molecular weight is 257 g/mol. The van der Waals surface area contributed by atoms with Crippen LogP contribution < -0.4 is 0 Å². The van der Waals surface area contributed by atoms with Gasteiger partial charge in [-0.1, -0.05) is 72.8 Å². The predicted molar refractivity (Wildman–Crippen MR) is 85.8 cm³/mol. The summed E-state index contributed by atoms with van der Waals surface area (Å²) < 4.78 is 0. The Morgan fingerprint density at radius 3 is 2.10 bits per heavy atom. The molecule has 0 aromatic heterocycles. The normalized spacial score (nSPS) is 12.6. The molecule has 0 aliphatic heterocycles. The van der Waals surface area contributed by atoms with Crippen LogP contribution in [0.25, 0.3) is 6.08 Å². The Bertz CT molecular complexity index is 646. The van der Waals surface area contributed by atoms with E-state index < -0.39 is 0 Å². The third kappa shape index (κ3) is 2.92. The quantitative estimate of drug-likeness (QED) is 0.560. The number of rotatable bonds is 4. The van der Waals surface area contributed by atoms with Gasteiger partial charge in [0, 0.05) is 5.92 Å². The molecule has 0 radical (unpaired) electrons. The lowest BCUT2D eigenvalue weighted by molar-refractivity contribution is 1.04. The van der Waals surface area contributed by atoms with Crippen molar-refractivity contribution in [3.8, 4) is 0 Å². The van der Waals surface area contributed by atoms with Crippen LogP contribution in [-0.2, 0) is 0 Å². The number of allylic oxidation sites excluding steroid dienone is 1. The van der Waals surface area contributed by atoms with Crippen LogP contribution in [0.5, 0.6) is 0 Å². The smallest absolute Gasteiger partial charge is 0.00414 e. The molecular weight excluding hydrogens is 240 g/mol. The van der Waals surface area contributed by atoms with Gasteiger partial charge >= 0.3 is 0 Å². The van der Waals surface area contributed by atoms with E-state index in [9.17, 15) is 0 Å². The molecule has 20 heavy (non-hydrogen) atoms.